The van der Waals surface area contributed by atoms with Crippen molar-refractivity contribution in [2.75, 3.05) is 0 Å². The zero-order valence-electron chi connectivity index (χ0n) is 6.68. The topological polar surface area (TPSA) is 46.2 Å². The van der Waals surface area contributed by atoms with Crippen molar-refractivity contribution in [1.29, 1.82) is 0 Å². The van der Waals surface area contributed by atoms with Crippen LogP contribution in [0.1, 0.15) is 20.3 Å². The van der Waals surface area contributed by atoms with E-state index in [-0.39, 0.29) is 17.6 Å². The minimum Gasteiger partial charge on any atom is -0.332 e. The maximum Gasteiger partial charge on any atom is 0.224 e. The molecule has 0 bridgehead atoms. The Bertz CT molecular complexity index is 230. The van der Waals surface area contributed by atoms with E-state index in [9.17, 15) is 9.59 Å². The summed E-state index contributed by atoms with van der Waals surface area (Å²) in [5, 5.41) is 2.52. The van der Waals surface area contributed by atoms with Gasteiger partial charge in [0.15, 0.2) is 5.78 Å². The summed E-state index contributed by atoms with van der Waals surface area (Å²) >= 11 is 0. The molecule has 1 aliphatic heterocycles. The van der Waals surface area contributed by atoms with E-state index in [0.29, 0.717) is 12.0 Å². The molecule has 3 heteroatoms. The van der Waals surface area contributed by atoms with Gasteiger partial charge in [0.1, 0.15) is 0 Å². The fourth-order valence-electron chi connectivity index (χ4n) is 1.20. The number of hydrogen-bond donors (Lipinski definition) is 1. The van der Waals surface area contributed by atoms with Crippen LogP contribution < -0.4 is 5.32 Å². The molecule has 0 saturated heterocycles. The molecule has 0 unspecified atom stereocenters. The molecule has 1 heterocycles. The molecule has 0 saturated carbocycles. The first-order valence-electron chi connectivity index (χ1n) is 3.61. The van der Waals surface area contributed by atoms with Crippen LogP contribution in [-0.2, 0) is 9.59 Å². The van der Waals surface area contributed by atoms with Crippen molar-refractivity contribution in [2.45, 2.75) is 20.3 Å². The van der Waals surface area contributed by atoms with Crippen molar-refractivity contribution in [3.8, 4) is 0 Å². The first-order chi connectivity index (χ1) is 5.11. The first kappa shape index (κ1) is 7.98. The largest absolute Gasteiger partial charge is 0.332 e. The van der Waals surface area contributed by atoms with E-state index in [1.807, 2.05) is 6.92 Å². The van der Waals surface area contributed by atoms with Gasteiger partial charge in [-0.3, -0.25) is 9.59 Å². The smallest absolute Gasteiger partial charge is 0.224 e. The standard InChI is InChI=1S/C8H11NO2/c1-5-3-8(11)9-4-7(5)6(2)10/h4-5H,3H2,1-2H3,(H,9,11)/t5-/m0/s1. The normalized spacial score (nSPS) is 24.0. The lowest BCUT2D eigenvalue weighted by molar-refractivity contribution is -0.121. The van der Waals surface area contributed by atoms with E-state index in [0.717, 1.165) is 0 Å². The Morgan fingerprint density at radius 1 is 1.73 bits per heavy atom. The average Bonchev–Trinajstić information content (AvgIpc) is 1.85. The van der Waals surface area contributed by atoms with Gasteiger partial charge in [-0.05, 0) is 12.8 Å². The summed E-state index contributed by atoms with van der Waals surface area (Å²) in [6, 6.07) is 0. The van der Waals surface area contributed by atoms with Crippen molar-refractivity contribution >= 4 is 11.7 Å². The van der Waals surface area contributed by atoms with Gasteiger partial charge in [-0.2, -0.15) is 0 Å². The Labute approximate surface area is 65.5 Å². The Morgan fingerprint density at radius 3 is 2.82 bits per heavy atom. The Morgan fingerprint density at radius 2 is 2.36 bits per heavy atom. The van der Waals surface area contributed by atoms with Gasteiger partial charge in [0.2, 0.25) is 5.91 Å². The molecule has 1 amide bonds. The van der Waals surface area contributed by atoms with Gasteiger partial charge in [-0.1, -0.05) is 6.92 Å². The second kappa shape index (κ2) is 2.86. The van der Waals surface area contributed by atoms with Gasteiger partial charge in [0, 0.05) is 18.2 Å². The molecule has 3 nitrogen and oxygen atoms in total. The first-order valence-corrected chi connectivity index (χ1v) is 3.61. The molecule has 1 aliphatic rings. The van der Waals surface area contributed by atoms with E-state index < -0.39 is 0 Å². The molecule has 0 aromatic heterocycles. The number of allylic oxidation sites excluding steroid dienone is 1. The summed E-state index contributed by atoms with van der Waals surface area (Å²) in [5.74, 6) is 0.0984. The lowest BCUT2D eigenvalue weighted by Gasteiger charge is -2.17. The van der Waals surface area contributed by atoms with Gasteiger partial charge in [-0.25, -0.2) is 0 Å². The van der Waals surface area contributed by atoms with Crippen LogP contribution in [0.15, 0.2) is 11.8 Å². The van der Waals surface area contributed by atoms with E-state index >= 15 is 0 Å². The number of hydrogen-bond acceptors (Lipinski definition) is 2. The van der Waals surface area contributed by atoms with Crippen molar-refractivity contribution < 1.29 is 9.59 Å². The van der Waals surface area contributed by atoms with Crippen LogP contribution in [0.4, 0.5) is 0 Å². The zero-order chi connectivity index (χ0) is 8.43. The molecular weight excluding hydrogens is 142 g/mol. The third-order valence-corrected chi connectivity index (χ3v) is 1.82. The molecular formula is C8H11NO2. The highest BCUT2D eigenvalue weighted by Crippen LogP contribution is 2.17. The summed E-state index contributed by atoms with van der Waals surface area (Å²) in [6.45, 7) is 3.39. The van der Waals surface area contributed by atoms with Crippen LogP contribution >= 0.6 is 0 Å². The van der Waals surface area contributed by atoms with Gasteiger partial charge in [0.05, 0.1) is 0 Å². The maximum atomic E-state index is 10.9. The molecule has 11 heavy (non-hydrogen) atoms. The van der Waals surface area contributed by atoms with Crippen LogP contribution in [-0.4, -0.2) is 11.7 Å². The van der Waals surface area contributed by atoms with Crippen LogP contribution in [0.2, 0.25) is 0 Å². The lowest BCUT2D eigenvalue weighted by Crippen LogP contribution is -2.28. The highest BCUT2D eigenvalue weighted by molar-refractivity contribution is 5.96. The van der Waals surface area contributed by atoms with Gasteiger partial charge in [-0.15, -0.1) is 0 Å². The van der Waals surface area contributed by atoms with Crippen molar-refractivity contribution in [3.63, 3.8) is 0 Å². The number of carbonyl (C=O) groups excluding carboxylic acids is 2. The second-order valence-electron chi connectivity index (χ2n) is 2.83. The predicted octanol–water partition coefficient (Wildman–Crippen LogP) is 0.615. The number of carbonyl (C=O) groups is 2. The van der Waals surface area contributed by atoms with E-state index in [2.05, 4.69) is 5.32 Å². The third kappa shape index (κ3) is 1.67. The van der Waals surface area contributed by atoms with E-state index in [4.69, 9.17) is 0 Å². The van der Waals surface area contributed by atoms with Crippen molar-refractivity contribution in [1.82, 2.24) is 5.32 Å². The Balaban J connectivity index is 2.80. The van der Waals surface area contributed by atoms with Crippen LogP contribution in [0, 0.1) is 5.92 Å². The van der Waals surface area contributed by atoms with Crippen LogP contribution in [0.5, 0.6) is 0 Å². The Kier molecular flexibility index (Phi) is 2.08. The SMILES string of the molecule is CC(=O)C1=CNC(=O)C[C@@H]1C. The summed E-state index contributed by atoms with van der Waals surface area (Å²) in [6.07, 6.45) is 1.93. The molecule has 0 aromatic rings. The van der Waals surface area contributed by atoms with Gasteiger partial charge in [0.25, 0.3) is 0 Å². The molecule has 0 radical (unpaired) electrons. The number of Topliss-reactive ketones (excluding diaryl/α,β-unsaturated/α-hetero) is 1. The fraction of sp³-hybridized carbons (Fsp3) is 0.500. The zero-order valence-corrected chi connectivity index (χ0v) is 6.68. The summed E-state index contributed by atoms with van der Waals surface area (Å²) in [7, 11) is 0. The van der Waals surface area contributed by atoms with Crippen LogP contribution in [0.3, 0.4) is 0 Å². The average molecular weight is 153 g/mol. The minimum atomic E-state index is -0.0116. The highest BCUT2D eigenvalue weighted by atomic mass is 16.1. The molecule has 0 fully saturated rings. The molecule has 1 atom stereocenters. The monoisotopic (exact) mass is 153 g/mol. The molecule has 0 spiro atoms. The number of ketones is 1. The number of nitrogens with one attached hydrogen (secondary N) is 1. The highest BCUT2D eigenvalue weighted by Gasteiger charge is 2.20. The predicted molar refractivity (Wildman–Crippen MR) is 40.7 cm³/mol. The molecule has 0 aromatic carbocycles. The van der Waals surface area contributed by atoms with Gasteiger partial charge >= 0.3 is 0 Å². The number of amides is 1. The lowest BCUT2D eigenvalue weighted by atomic mass is 9.93. The number of rotatable bonds is 1. The van der Waals surface area contributed by atoms with Crippen molar-refractivity contribution in [3.05, 3.63) is 11.8 Å². The summed E-state index contributed by atoms with van der Waals surface area (Å²) in [4.78, 5) is 21.7. The van der Waals surface area contributed by atoms with E-state index in [1.165, 1.54) is 13.1 Å². The van der Waals surface area contributed by atoms with Crippen LogP contribution in [0.25, 0.3) is 0 Å². The molecule has 60 valence electrons. The van der Waals surface area contributed by atoms with Crippen molar-refractivity contribution in [2.24, 2.45) is 5.92 Å². The maximum absolute atomic E-state index is 10.9. The third-order valence-electron chi connectivity index (χ3n) is 1.82. The minimum absolute atomic E-state index is 0.0116. The Hall–Kier alpha value is -1.12. The van der Waals surface area contributed by atoms with E-state index in [1.54, 1.807) is 0 Å². The molecule has 1 rings (SSSR count). The quantitative estimate of drug-likeness (QED) is 0.600. The summed E-state index contributed by atoms with van der Waals surface area (Å²) < 4.78 is 0. The fourth-order valence-corrected chi connectivity index (χ4v) is 1.20. The van der Waals surface area contributed by atoms with Gasteiger partial charge < -0.3 is 5.32 Å². The molecule has 1 N–H and O–H groups in total. The second-order valence-corrected chi connectivity index (χ2v) is 2.83. The summed E-state index contributed by atoms with van der Waals surface area (Å²) in [5.41, 5.74) is 0.713. The molecule has 0 aliphatic carbocycles.